The Morgan fingerprint density at radius 3 is 2.49 bits per heavy atom. The van der Waals surface area contributed by atoms with Crippen LogP contribution >= 0.6 is 0 Å². The summed E-state index contributed by atoms with van der Waals surface area (Å²) in [6.45, 7) is 4.80. The molecule has 0 radical (unpaired) electrons. The first-order chi connectivity index (χ1) is 16.7. The molecule has 2 aromatic rings. The largest absolute Gasteiger partial charge is 0.420 e. The number of rotatable bonds is 5. The van der Waals surface area contributed by atoms with Crippen LogP contribution in [0.2, 0.25) is 0 Å². The van der Waals surface area contributed by atoms with Crippen LogP contribution in [0.4, 0.5) is 23.4 Å². The Kier molecular flexibility index (Phi) is 5.75. The highest BCUT2D eigenvalue weighted by Gasteiger charge is 2.46. The number of nitrogens with one attached hydrogen (secondary N) is 1. The molecule has 4 aliphatic rings. The average Bonchev–Trinajstić information content (AvgIpc) is 3.57. The fraction of sp³-hybridized carbons (Fsp3) is 0.615. The van der Waals surface area contributed by atoms with Crippen molar-refractivity contribution in [2.75, 3.05) is 25.0 Å². The van der Waals surface area contributed by atoms with E-state index in [1.54, 1.807) is 6.92 Å². The fourth-order valence-electron chi connectivity index (χ4n) is 6.84. The third-order valence-electron chi connectivity index (χ3n) is 8.47. The van der Waals surface area contributed by atoms with Gasteiger partial charge in [-0.2, -0.15) is 13.2 Å². The Bertz CT molecular complexity index is 1100. The van der Waals surface area contributed by atoms with Crippen molar-refractivity contribution in [3.63, 3.8) is 0 Å². The highest BCUT2D eigenvalue weighted by Crippen LogP contribution is 2.44. The topological polar surface area (TPSA) is 50.3 Å². The number of halogens is 4. The monoisotopic (exact) mass is 490 g/mol. The summed E-state index contributed by atoms with van der Waals surface area (Å²) in [5, 5.41) is 11.0. The summed E-state index contributed by atoms with van der Waals surface area (Å²) in [5.41, 5.74) is 0.107. The quantitative estimate of drug-likeness (QED) is 0.577. The zero-order valence-electron chi connectivity index (χ0n) is 19.7. The molecule has 2 bridgehead atoms. The second kappa shape index (κ2) is 8.69. The summed E-state index contributed by atoms with van der Waals surface area (Å²) in [4.78, 5) is 2.54. The minimum Gasteiger partial charge on any atom is -0.375 e. The van der Waals surface area contributed by atoms with Gasteiger partial charge in [-0.3, -0.25) is 0 Å². The highest BCUT2D eigenvalue weighted by molar-refractivity contribution is 5.65. The fourth-order valence-corrected chi connectivity index (χ4v) is 6.84. The summed E-state index contributed by atoms with van der Waals surface area (Å²) in [6.07, 6.45) is 1.51. The minimum absolute atomic E-state index is 0.0170. The number of fused-ring (bicyclic) bond motifs is 3. The molecule has 1 aromatic heterocycles. The number of hydrogen-bond acceptors (Lipinski definition) is 5. The molecule has 35 heavy (non-hydrogen) atoms. The predicted molar refractivity (Wildman–Crippen MR) is 123 cm³/mol. The molecule has 1 aliphatic carbocycles. The van der Waals surface area contributed by atoms with E-state index < -0.39 is 17.6 Å². The third-order valence-corrected chi connectivity index (χ3v) is 8.47. The zero-order chi connectivity index (χ0) is 24.3. The van der Waals surface area contributed by atoms with E-state index in [1.165, 1.54) is 37.5 Å². The first-order valence-corrected chi connectivity index (χ1v) is 12.6. The lowest BCUT2D eigenvalue weighted by Gasteiger charge is -2.26. The van der Waals surface area contributed by atoms with Gasteiger partial charge in [0.05, 0.1) is 17.9 Å². The van der Waals surface area contributed by atoms with Gasteiger partial charge in [0.25, 0.3) is 0 Å². The first kappa shape index (κ1) is 23.2. The number of alkyl halides is 3. The molecule has 6 atom stereocenters. The molecule has 6 rings (SSSR count). The SMILES string of the molecule is Cc1ccc(F)cc1-c1cc(C(F)(F)F)c(NC2C[C@@H]3CN(C[C@@H]4CC5CCC4O5)C[C@@H]3C2)nn1. The zero-order valence-corrected chi connectivity index (χ0v) is 19.7. The van der Waals surface area contributed by atoms with Crippen molar-refractivity contribution in [1.82, 2.24) is 15.1 Å². The normalized spacial score (nSPS) is 32.4. The van der Waals surface area contributed by atoms with E-state index in [0.717, 1.165) is 38.5 Å². The Balaban J connectivity index is 1.13. The van der Waals surface area contributed by atoms with Gasteiger partial charge in [0, 0.05) is 37.2 Å². The molecule has 0 spiro atoms. The van der Waals surface area contributed by atoms with Gasteiger partial charge >= 0.3 is 6.18 Å². The summed E-state index contributed by atoms with van der Waals surface area (Å²) in [6, 6.07) is 4.91. The second-order valence-electron chi connectivity index (χ2n) is 10.9. The molecular weight excluding hydrogens is 460 g/mol. The molecule has 3 unspecified atom stereocenters. The maximum Gasteiger partial charge on any atom is 0.420 e. The molecule has 3 aliphatic heterocycles. The van der Waals surface area contributed by atoms with Gasteiger partial charge in [-0.1, -0.05) is 6.07 Å². The average molecular weight is 491 g/mol. The van der Waals surface area contributed by atoms with Crippen LogP contribution in [0.25, 0.3) is 11.3 Å². The molecule has 4 heterocycles. The number of hydrogen-bond donors (Lipinski definition) is 1. The number of aryl methyl sites for hydroxylation is 1. The molecule has 1 N–H and O–H groups in total. The maximum absolute atomic E-state index is 13.9. The summed E-state index contributed by atoms with van der Waals surface area (Å²) < 4.78 is 61.5. The van der Waals surface area contributed by atoms with E-state index in [4.69, 9.17) is 4.74 Å². The lowest BCUT2D eigenvalue weighted by atomic mass is 9.89. The third kappa shape index (κ3) is 4.53. The van der Waals surface area contributed by atoms with Gasteiger partial charge in [0.15, 0.2) is 5.82 Å². The van der Waals surface area contributed by atoms with Crippen molar-refractivity contribution >= 4 is 5.82 Å². The molecule has 1 aromatic carbocycles. The minimum atomic E-state index is -4.59. The number of aromatic nitrogens is 2. The van der Waals surface area contributed by atoms with Crippen LogP contribution in [0.15, 0.2) is 24.3 Å². The Hall–Kier alpha value is -2.26. The van der Waals surface area contributed by atoms with Crippen LogP contribution in [-0.4, -0.2) is 53.0 Å². The van der Waals surface area contributed by atoms with Crippen molar-refractivity contribution in [2.45, 2.75) is 63.5 Å². The van der Waals surface area contributed by atoms with Crippen molar-refractivity contribution in [3.8, 4) is 11.3 Å². The predicted octanol–water partition coefficient (Wildman–Crippen LogP) is 5.30. The van der Waals surface area contributed by atoms with E-state index in [1.807, 2.05) is 0 Å². The smallest absolute Gasteiger partial charge is 0.375 e. The molecular formula is C26H30F4N4O. The Morgan fingerprint density at radius 1 is 1.06 bits per heavy atom. The number of nitrogens with zero attached hydrogens (tertiary/aromatic N) is 3. The van der Waals surface area contributed by atoms with Crippen LogP contribution in [-0.2, 0) is 10.9 Å². The summed E-state index contributed by atoms with van der Waals surface area (Å²) in [5.74, 6) is 0.845. The van der Waals surface area contributed by atoms with Crippen molar-refractivity contribution in [1.29, 1.82) is 0 Å². The molecule has 4 fully saturated rings. The standard InChI is InChI=1S/C26H30F4N4O/c1-14-2-3-18(27)9-21(14)23-10-22(26(28,29)30)25(33-32-23)31-19-6-15-11-34(12-16(15)7-19)13-17-8-20-4-5-24(17)35-20/h2-3,9-10,15-17,19-20,24H,4-8,11-13H2,1H3,(H,31,33)/t15-,16+,17-,19?,20?,24?/m0/s1. The van der Waals surface area contributed by atoms with Crippen molar-refractivity contribution < 1.29 is 22.3 Å². The van der Waals surface area contributed by atoms with E-state index in [-0.39, 0.29) is 17.6 Å². The van der Waals surface area contributed by atoms with E-state index in [2.05, 4.69) is 20.4 Å². The number of likely N-dealkylation sites (tertiary alicyclic amines) is 1. The van der Waals surface area contributed by atoms with Gasteiger partial charge in [0.1, 0.15) is 11.4 Å². The van der Waals surface area contributed by atoms with E-state index in [9.17, 15) is 17.6 Å². The first-order valence-electron chi connectivity index (χ1n) is 12.6. The van der Waals surface area contributed by atoms with E-state index >= 15 is 0 Å². The number of benzene rings is 1. The van der Waals surface area contributed by atoms with E-state index in [0.29, 0.717) is 41.1 Å². The van der Waals surface area contributed by atoms with Gasteiger partial charge in [-0.15, -0.1) is 10.2 Å². The molecule has 9 heteroatoms. The van der Waals surface area contributed by atoms with Crippen LogP contribution in [0, 0.1) is 30.5 Å². The maximum atomic E-state index is 13.9. The van der Waals surface area contributed by atoms with Crippen molar-refractivity contribution in [3.05, 3.63) is 41.2 Å². The van der Waals surface area contributed by atoms with Crippen LogP contribution < -0.4 is 5.32 Å². The molecule has 1 saturated carbocycles. The summed E-state index contributed by atoms with van der Waals surface area (Å²) >= 11 is 0. The van der Waals surface area contributed by atoms with Crippen LogP contribution in [0.5, 0.6) is 0 Å². The lowest BCUT2D eigenvalue weighted by molar-refractivity contribution is -0.137. The van der Waals surface area contributed by atoms with Crippen LogP contribution in [0.3, 0.4) is 0 Å². The lowest BCUT2D eigenvalue weighted by Crippen LogP contribution is -2.34. The molecule has 3 saturated heterocycles. The molecule has 5 nitrogen and oxygen atoms in total. The molecule has 188 valence electrons. The van der Waals surface area contributed by atoms with Gasteiger partial charge in [0.2, 0.25) is 0 Å². The van der Waals surface area contributed by atoms with Gasteiger partial charge < -0.3 is 15.0 Å². The second-order valence-corrected chi connectivity index (χ2v) is 10.9. The van der Waals surface area contributed by atoms with Gasteiger partial charge in [-0.05, 0) is 74.6 Å². The van der Waals surface area contributed by atoms with Crippen molar-refractivity contribution in [2.24, 2.45) is 17.8 Å². The Labute approximate surface area is 202 Å². The summed E-state index contributed by atoms with van der Waals surface area (Å²) in [7, 11) is 0. The van der Waals surface area contributed by atoms with Crippen LogP contribution in [0.1, 0.15) is 43.2 Å². The number of anilines is 1. The molecule has 0 amide bonds. The number of ether oxygens (including phenoxy) is 1. The highest BCUT2D eigenvalue weighted by atomic mass is 19.4. The Morgan fingerprint density at radius 2 is 1.83 bits per heavy atom. The van der Waals surface area contributed by atoms with Gasteiger partial charge in [-0.25, -0.2) is 4.39 Å².